The third-order valence-corrected chi connectivity index (χ3v) is 6.76. The van der Waals surface area contributed by atoms with Crippen molar-refractivity contribution in [1.82, 2.24) is 0 Å². The average Bonchev–Trinajstić information content (AvgIpc) is 3.04. The standard InChI is InChI=1S/C25H19NO3/c1-29-15-8-6-7-14(13-15)26-24(27)22-20-16-9-2-3-10-17(16)21(23(22)25(26)28)19-12-5-4-11-18(19)20/h2-13,20-23H,1H3/t20?,21?,22-,23-/m1/s1. The van der Waals surface area contributed by atoms with Gasteiger partial charge in [0.25, 0.3) is 0 Å². The molecule has 0 saturated carbocycles. The molecule has 0 N–H and O–H groups in total. The monoisotopic (exact) mass is 381 g/mol. The van der Waals surface area contributed by atoms with Gasteiger partial charge in [0.05, 0.1) is 24.6 Å². The van der Waals surface area contributed by atoms with Crippen LogP contribution in [0.25, 0.3) is 0 Å². The molecule has 1 aliphatic heterocycles. The van der Waals surface area contributed by atoms with Crippen molar-refractivity contribution in [1.29, 1.82) is 0 Å². The molecule has 0 spiro atoms. The van der Waals surface area contributed by atoms with Crippen LogP contribution >= 0.6 is 0 Å². The molecule has 3 aliphatic carbocycles. The predicted molar refractivity (Wildman–Crippen MR) is 109 cm³/mol. The molecule has 29 heavy (non-hydrogen) atoms. The maximum absolute atomic E-state index is 13.6. The van der Waals surface area contributed by atoms with E-state index in [-0.39, 0.29) is 35.5 Å². The second kappa shape index (κ2) is 5.80. The van der Waals surface area contributed by atoms with Crippen molar-refractivity contribution in [3.8, 4) is 5.75 Å². The lowest BCUT2D eigenvalue weighted by atomic mass is 9.55. The fourth-order valence-electron chi connectivity index (χ4n) is 5.68. The van der Waals surface area contributed by atoms with Crippen LogP contribution in [0.2, 0.25) is 0 Å². The molecular weight excluding hydrogens is 362 g/mol. The van der Waals surface area contributed by atoms with Crippen LogP contribution < -0.4 is 9.64 Å². The minimum Gasteiger partial charge on any atom is -0.497 e. The summed E-state index contributed by atoms with van der Waals surface area (Å²) in [5.41, 5.74) is 5.33. The van der Waals surface area contributed by atoms with E-state index in [9.17, 15) is 9.59 Å². The van der Waals surface area contributed by atoms with Gasteiger partial charge in [-0.1, -0.05) is 54.6 Å². The van der Waals surface area contributed by atoms with Gasteiger partial charge in [0.15, 0.2) is 0 Å². The first-order valence-electron chi connectivity index (χ1n) is 9.90. The van der Waals surface area contributed by atoms with Crippen LogP contribution in [0.1, 0.15) is 34.1 Å². The van der Waals surface area contributed by atoms with Gasteiger partial charge in [-0.2, -0.15) is 0 Å². The van der Waals surface area contributed by atoms with E-state index in [0.717, 1.165) is 0 Å². The summed E-state index contributed by atoms with van der Waals surface area (Å²) in [5.74, 6) is -0.451. The van der Waals surface area contributed by atoms with Crippen molar-refractivity contribution >= 4 is 17.5 Å². The van der Waals surface area contributed by atoms with Gasteiger partial charge in [0, 0.05) is 17.9 Å². The summed E-state index contributed by atoms with van der Waals surface area (Å²) >= 11 is 0. The van der Waals surface area contributed by atoms with E-state index in [0.29, 0.717) is 11.4 Å². The van der Waals surface area contributed by atoms with E-state index in [1.54, 1.807) is 19.2 Å². The highest BCUT2D eigenvalue weighted by Gasteiger charge is 2.61. The van der Waals surface area contributed by atoms with E-state index in [4.69, 9.17) is 4.74 Å². The lowest BCUT2D eigenvalue weighted by Crippen LogP contribution is -2.41. The smallest absolute Gasteiger partial charge is 0.238 e. The number of benzene rings is 3. The van der Waals surface area contributed by atoms with E-state index >= 15 is 0 Å². The highest BCUT2D eigenvalue weighted by atomic mass is 16.5. The van der Waals surface area contributed by atoms with Crippen molar-refractivity contribution in [3.63, 3.8) is 0 Å². The molecule has 4 aliphatic rings. The molecule has 4 heteroatoms. The van der Waals surface area contributed by atoms with E-state index < -0.39 is 0 Å². The molecule has 3 aromatic carbocycles. The van der Waals surface area contributed by atoms with Crippen molar-refractivity contribution in [2.75, 3.05) is 12.0 Å². The lowest BCUT2D eigenvalue weighted by Gasteiger charge is -2.45. The molecule has 7 rings (SSSR count). The normalized spacial score (nSPS) is 26.2. The van der Waals surface area contributed by atoms with Gasteiger partial charge in [0.2, 0.25) is 11.8 Å². The molecule has 0 unspecified atom stereocenters. The third-order valence-electron chi connectivity index (χ3n) is 6.76. The molecule has 2 bridgehead atoms. The van der Waals surface area contributed by atoms with Gasteiger partial charge in [-0.25, -0.2) is 4.90 Å². The Kier molecular flexibility index (Phi) is 3.31. The van der Waals surface area contributed by atoms with E-state index in [2.05, 4.69) is 24.3 Å². The van der Waals surface area contributed by atoms with Crippen molar-refractivity contribution in [2.24, 2.45) is 11.8 Å². The predicted octanol–water partition coefficient (Wildman–Crippen LogP) is 4.09. The highest BCUT2D eigenvalue weighted by molar-refractivity contribution is 6.23. The molecular formula is C25H19NO3. The Labute approximate surface area is 168 Å². The second-order valence-corrected chi connectivity index (χ2v) is 7.98. The number of amides is 2. The Morgan fingerprint density at radius 2 is 1.17 bits per heavy atom. The van der Waals surface area contributed by atoms with Gasteiger partial charge in [-0.05, 0) is 34.4 Å². The van der Waals surface area contributed by atoms with E-state index in [1.165, 1.54) is 27.2 Å². The number of anilines is 1. The number of nitrogens with zero attached hydrogens (tertiary/aromatic N) is 1. The van der Waals surface area contributed by atoms with Gasteiger partial charge < -0.3 is 4.74 Å². The highest BCUT2D eigenvalue weighted by Crippen LogP contribution is 2.61. The number of imide groups is 1. The summed E-state index contributed by atoms with van der Waals surface area (Å²) in [7, 11) is 1.58. The summed E-state index contributed by atoms with van der Waals surface area (Å²) in [5, 5.41) is 0. The van der Waals surface area contributed by atoms with Gasteiger partial charge in [-0.15, -0.1) is 0 Å². The minimum absolute atomic E-state index is 0.0792. The summed E-state index contributed by atoms with van der Waals surface area (Å²) < 4.78 is 5.31. The van der Waals surface area contributed by atoms with Gasteiger partial charge >= 0.3 is 0 Å². The fourth-order valence-corrected chi connectivity index (χ4v) is 5.68. The number of methoxy groups -OCH3 is 1. The summed E-state index contributed by atoms with van der Waals surface area (Å²) in [6.07, 6.45) is 0. The zero-order valence-corrected chi connectivity index (χ0v) is 15.9. The second-order valence-electron chi connectivity index (χ2n) is 7.98. The molecule has 1 heterocycles. The summed E-state index contributed by atoms with van der Waals surface area (Å²) in [4.78, 5) is 28.6. The molecule has 142 valence electrons. The largest absolute Gasteiger partial charge is 0.497 e. The first-order valence-corrected chi connectivity index (χ1v) is 9.90. The maximum atomic E-state index is 13.6. The Morgan fingerprint density at radius 1 is 0.690 bits per heavy atom. The summed E-state index contributed by atoms with van der Waals surface area (Å²) in [6.45, 7) is 0. The minimum atomic E-state index is -0.358. The Hall–Kier alpha value is -3.40. The van der Waals surface area contributed by atoms with Crippen molar-refractivity contribution in [2.45, 2.75) is 11.8 Å². The number of rotatable bonds is 2. The number of carbonyl (C=O) groups is 2. The molecule has 2 atom stereocenters. The Balaban J connectivity index is 1.55. The van der Waals surface area contributed by atoms with Gasteiger partial charge in [-0.3, -0.25) is 9.59 Å². The van der Waals surface area contributed by atoms with Crippen LogP contribution in [0.4, 0.5) is 5.69 Å². The quantitative estimate of drug-likeness (QED) is 0.628. The zero-order chi connectivity index (χ0) is 19.7. The molecule has 4 nitrogen and oxygen atoms in total. The molecule has 1 fully saturated rings. The molecule has 1 saturated heterocycles. The molecule has 3 aromatic rings. The topological polar surface area (TPSA) is 46.6 Å². The van der Waals surface area contributed by atoms with Crippen LogP contribution in [0.5, 0.6) is 5.75 Å². The number of hydrogen-bond acceptors (Lipinski definition) is 3. The number of ether oxygens (including phenoxy) is 1. The van der Waals surface area contributed by atoms with E-state index in [1.807, 2.05) is 36.4 Å². The third kappa shape index (κ3) is 2.03. The Morgan fingerprint density at radius 3 is 1.62 bits per heavy atom. The molecule has 0 aromatic heterocycles. The zero-order valence-electron chi connectivity index (χ0n) is 15.9. The molecule has 0 radical (unpaired) electrons. The Bertz CT molecular complexity index is 1070. The van der Waals surface area contributed by atoms with Crippen LogP contribution in [0, 0.1) is 11.8 Å². The maximum Gasteiger partial charge on any atom is 0.238 e. The summed E-state index contributed by atoms with van der Waals surface area (Å²) in [6, 6.07) is 23.8. The average molecular weight is 381 g/mol. The van der Waals surface area contributed by atoms with Crippen molar-refractivity contribution < 1.29 is 14.3 Å². The first-order chi connectivity index (χ1) is 14.2. The SMILES string of the molecule is COc1cccc(N2C(=O)[C@@H]3C4c5ccccc5C(c5ccccc54)[C@H]3C2=O)c1. The first kappa shape index (κ1) is 16.5. The van der Waals surface area contributed by atoms with Crippen molar-refractivity contribution in [3.05, 3.63) is 95.1 Å². The molecule has 2 amide bonds. The van der Waals surface area contributed by atoms with Crippen LogP contribution in [0.3, 0.4) is 0 Å². The number of hydrogen-bond donors (Lipinski definition) is 0. The van der Waals surface area contributed by atoms with Crippen LogP contribution in [0.15, 0.2) is 72.8 Å². The van der Waals surface area contributed by atoms with Crippen LogP contribution in [-0.2, 0) is 9.59 Å². The lowest BCUT2D eigenvalue weighted by molar-refractivity contribution is -0.122. The number of carbonyl (C=O) groups excluding carboxylic acids is 2. The fraction of sp³-hybridized carbons (Fsp3) is 0.200. The van der Waals surface area contributed by atoms with Gasteiger partial charge in [0.1, 0.15) is 5.75 Å². The van der Waals surface area contributed by atoms with Crippen LogP contribution in [-0.4, -0.2) is 18.9 Å².